The largest absolute Gasteiger partial charge is 0.346 e. The molecule has 0 radical (unpaired) electrons. The summed E-state index contributed by atoms with van der Waals surface area (Å²) >= 11 is 3.70. The smallest absolute Gasteiger partial charge is 0.0497 e. The third-order valence-corrected chi connectivity index (χ3v) is 3.93. The Balaban J connectivity index is 2.82. The van der Waals surface area contributed by atoms with Crippen molar-refractivity contribution >= 4 is 26.8 Å². The summed E-state index contributed by atoms with van der Waals surface area (Å²) in [7, 11) is 2.11. The van der Waals surface area contributed by atoms with E-state index in [-0.39, 0.29) is 0 Å². The first-order valence-corrected chi connectivity index (χ1v) is 6.29. The van der Waals surface area contributed by atoms with E-state index in [1.165, 1.54) is 32.2 Å². The van der Waals surface area contributed by atoms with Gasteiger partial charge in [0.1, 0.15) is 0 Å². The average molecular weight is 281 g/mol. The third kappa shape index (κ3) is 1.68. The minimum absolute atomic E-state index is 0.681. The molecule has 0 fully saturated rings. The summed E-state index contributed by atoms with van der Waals surface area (Å²) in [4.78, 5) is 0. The number of aromatic nitrogens is 1. The molecule has 0 spiro atoms. The van der Waals surface area contributed by atoms with Crippen molar-refractivity contribution in [2.75, 3.05) is 6.54 Å². The van der Waals surface area contributed by atoms with Gasteiger partial charge in [0.15, 0.2) is 0 Å². The van der Waals surface area contributed by atoms with Crippen LogP contribution in [0.3, 0.4) is 0 Å². The van der Waals surface area contributed by atoms with Crippen molar-refractivity contribution in [2.45, 2.75) is 20.3 Å². The molecule has 1 aromatic carbocycles. The van der Waals surface area contributed by atoms with Gasteiger partial charge < -0.3 is 10.3 Å². The molecule has 86 valence electrons. The fourth-order valence-corrected chi connectivity index (χ4v) is 3.33. The predicted molar refractivity (Wildman–Crippen MR) is 72.9 cm³/mol. The number of fused-ring (bicyclic) bond motifs is 1. The topological polar surface area (TPSA) is 30.9 Å². The van der Waals surface area contributed by atoms with E-state index in [2.05, 4.69) is 53.5 Å². The maximum absolute atomic E-state index is 5.65. The molecule has 0 aliphatic heterocycles. The zero-order valence-corrected chi connectivity index (χ0v) is 11.6. The average Bonchev–Trinajstić information content (AvgIpc) is 2.43. The number of benzene rings is 1. The molecule has 0 atom stereocenters. The van der Waals surface area contributed by atoms with E-state index in [1.54, 1.807) is 0 Å². The zero-order valence-electron chi connectivity index (χ0n) is 9.97. The molecule has 2 aromatic rings. The van der Waals surface area contributed by atoms with Crippen molar-refractivity contribution in [1.82, 2.24) is 4.57 Å². The minimum atomic E-state index is 0.681. The molecule has 2 N–H and O–H groups in total. The van der Waals surface area contributed by atoms with Crippen molar-refractivity contribution in [2.24, 2.45) is 12.8 Å². The van der Waals surface area contributed by atoms with Crippen molar-refractivity contribution in [3.63, 3.8) is 0 Å². The fraction of sp³-hybridized carbons (Fsp3) is 0.385. The van der Waals surface area contributed by atoms with Crippen LogP contribution in [0.4, 0.5) is 0 Å². The van der Waals surface area contributed by atoms with Crippen LogP contribution in [0.1, 0.15) is 16.8 Å². The van der Waals surface area contributed by atoms with Gasteiger partial charge in [-0.3, -0.25) is 0 Å². The van der Waals surface area contributed by atoms with Crippen LogP contribution in [0, 0.1) is 13.8 Å². The molecule has 2 nitrogen and oxygen atoms in total. The van der Waals surface area contributed by atoms with Crippen molar-refractivity contribution in [3.05, 3.63) is 33.4 Å². The van der Waals surface area contributed by atoms with Gasteiger partial charge in [0.2, 0.25) is 0 Å². The molecule has 1 aromatic heterocycles. The molecule has 0 saturated heterocycles. The van der Waals surface area contributed by atoms with Crippen LogP contribution in [-0.4, -0.2) is 11.1 Å². The predicted octanol–water partition coefficient (Wildman–Crippen LogP) is 3.06. The van der Waals surface area contributed by atoms with Gasteiger partial charge >= 0.3 is 0 Å². The molecule has 0 bridgehead atoms. The van der Waals surface area contributed by atoms with Gasteiger partial charge in [0, 0.05) is 34.5 Å². The molecule has 0 amide bonds. The molecule has 2 rings (SSSR count). The van der Waals surface area contributed by atoms with Crippen LogP contribution in [0.15, 0.2) is 16.6 Å². The summed E-state index contributed by atoms with van der Waals surface area (Å²) in [6.45, 7) is 4.98. The van der Waals surface area contributed by atoms with Crippen molar-refractivity contribution < 1.29 is 0 Å². The quantitative estimate of drug-likeness (QED) is 0.901. The highest BCUT2D eigenvalue weighted by molar-refractivity contribution is 9.10. The molecule has 0 saturated carbocycles. The zero-order chi connectivity index (χ0) is 11.9. The molecule has 3 heteroatoms. The Morgan fingerprint density at radius 2 is 2.00 bits per heavy atom. The van der Waals surface area contributed by atoms with Gasteiger partial charge in [-0.15, -0.1) is 0 Å². The Bertz CT molecular complexity index is 541. The summed E-state index contributed by atoms with van der Waals surface area (Å²) in [5, 5.41) is 1.32. The number of hydrogen-bond donors (Lipinski definition) is 1. The Morgan fingerprint density at radius 3 is 2.62 bits per heavy atom. The van der Waals surface area contributed by atoms with E-state index in [1.807, 2.05) is 0 Å². The summed E-state index contributed by atoms with van der Waals surface area (Å²) in [5.74, 6) is 0. The maximum Gasteiger partial charge on any atom is 0.0497 e. The summed E-state index contributed by atoms with van der Waals surface area (Å²) in [6, 6.07) is 4.45. The van der Waals surface area contributed by atoms with E-state index in [4.69, 9.17) is 5.73 Å². The van der Waals surface area contributed by atoms with E-state index < -0.39 is 0 Å². The molecule has 1 heterocycles. The van der Waals surface area contributed by atoms with Crippen LogP contribution in [-0.2, 0) is 13.5 Å². The van der Waals surface area contributed by atoms with Crippen molar-refractivity contribution in [3.8, 4) is 0 Å². The highest BCUT2D eigenvalue weighted by Gasteiger charge is 2.14. The summed E-state index contributed by atoms with van der Waals surface area (Å²) < 4.78 is 3.44. The molecular weight excluding hydrogens is 264 g/mol. The second-order valence-electron chi connectivity index (χ2n) is 4.33. The number of nitrogens with two attached hydrogens (primary N) is 1. The normalized spacial score (nSPS) is 11.3. The standard InChI is InChI=1S/C13H17BrN2/c1-8-6-9(2)12-11(7-8)16(3)10(4-5-15)13(12)14/h6-7H,4-5,15H2,1-3H3. The summed E-state index contributed by atoms with van der Waals surface area (Å²) in [6.07, 6.45) is 0.907. The molecule has 0 aliphatic carbocycles. The number of halogens is 1. The second kappa shape index (κ2) is 4.22. The summed E-state index contributed by atoms with van der Waals surface area (Å²) in [5.41, 5.74) is 10.8. The van der Waals surface area contributed by atoms with Gasteiger partial charge in [-0.25, -0.2) is 0 Å². The first-order valence-electron chi connectivity index (χ1n) is 5.50. The maximum atomic E-state index is 5.65. The lowest BCUT2D eigenvalue weighted by Gasteiger charge is -2.03. The Morgan fingerprint density at radius 1 is 1.31 bits per heavy atom. The number of rotatable bonds is 2. The Hall–Kier alpha value is -0.800. The van der Waals surface area contributed by atoms with E-state index in [0.717, 1.165) is 6.42 Å². The lowest BCUT2D eigenvalue weighted by Crippen LogP contribution is -2.06. The third-order valence-electron chi connectivity index (χ3n) is 3.08. The monoisotopic (exact) mass is 280 g/mol. The Labute approximate surface area is 105 Å². The Kier molecular flexibility index (Phi) is 3.08. The molecule has 0 aliphatic rings. The van der Waals surface area contributed by atoms with Crippen molar-refractivity contribution in [1.29, 1.82) is 0 Å². The number of hydrogen-bond acceptors (Lipinski definition) is 1. The number of nitrogens with zero attached hydrogens (tertiary/aromatic N) is 1. The van der Waals surface area contributed by atoms with Gasteiger partial charge in [-0.2, -0.15) is 0 Å². The van der Waals surface area contributed by atoms with Crippen LogP contribution in [0.2, 0.25) is 0 Å². The SMILES string of the molecule is Cc1cc(C)c2c(Br)c(CCN)n(C)c2c1. The van der Waals surface area contributed by atoms with E-state index in [9.17, 15) is 0 Å². The molecular formula is C13H17BrN2. The van der Waals surface area contributed by atoms with Crippen LogP contribution in [0.25, 0.3) is 10.9 Å². The first-order chi connectivity index (χ1) is 7.56. The highest BCUT2D eigenvalue weighted by Crippen LogP contribution is 2.33. The molecule has 16 heavy (non-hydrogen) atoms. The van der Waals surface area contributed by atoms with E-state index in [0.29, 0.717) is 6.54 Å². The minimum Gasteiger partial charge on any atom is -0.346 e. The fourth-order valence-electron chi connectivity index (χ4n) is 2.35. The highest BCUT2D eigenvalue weighted by atomic mass is 79.9. The van der Waals surface area contributed by atoms with Gasteiger partial charge in [-0.05, 0) is 53.5 Å². The number of aryl methyl sites for hydroxylation is 3. The lowest BCUT2D eigenvalue weighted by atomic mass is 10.1. The van der Waals surface area contributed by atoms with Crippen LogP contribution < -0.4 is 5.73 Å². The second-order valence-corrected chi connectivity index (χ2v) is 5.13. The lowest BCUT2D eigenvalue weighted by molar-refractivity contribution is 0.822. The van der Waals surface area contributed by atoms with Crippen LogP contribution in [0.5, 0.6) is 0 Å². The first kappa shape index (κ1) is 11.7. The van der Waals surface area contributed by atoms with Gasteiger partial charge in [0.05, 0.1) is 0 Å². The van der Waals surface area contributed by atoms with Crippen LogP contribution >= 0.6 is 15.9 Å². The van der Waals surface area contributed by atoms with Gasteiger partial charge in [-0.1, -0.05) is 6.07 Å². The van der Waals surface area contributed by atoms with E-state index >= 15 is 0 Å². The molecule has 0 unspecified atom stereocenters. The van der Waals surface area contributed by atoms with Gasteiger partial charge in [0.25, 0.3) is 0 Å².